The number of nitrogens with zero attached hydrogens (tertiary/aromatic N) is 1. The van der Waals surface area contributed by atoms with E-state index in [0.717, 1.165) is 42.4 Å². The zero-order valence-electron chi connectivity index (χ0n) is 16.3. The van der Waals surface area contributed by atoms with E-state index in [4.69, 9.17) is 9.47 Å². The first kappa shape index (κ1) is 20.4. The van der Waals surface area contributed by atoms with Crippen LogP contribution in [0.5, 0.6) is 11.5 Å². The maximum atomic E-state index is 9.18. The maximum Gasteiger partial charge on any atom is 0.191 e. The van der Waals surface area contributed by atoms with Crippen LogP contribution in [0.1, 0.15) is 45.1 Å². The molecule has 0 aliphatic heterocycles. The van der Waals surface area contributed by atoms with Gasteiger partial charge in [0.15, 0.2) is 17.5 Å². The lowest BCUT2D eigenvalue weighted by Gasteiger charge is -2.19. The van der Waals surface area contributed by atoms with Crippen molar-refractivity contribution in [3.63, 3.8) is 0 Å². The van der Waals surface area contributed by atoms with Gasteiger partial charge in [0.05, 0.1) is 19.8 Å². The molecule has 146 valence electrons. The Kier molecular flexibility index (Phi) is 8.54. The molecule has 1 atom stereocenters. The number of rotatable bonds is 9. The van der Waals surface area contributed by atoms with Crippen molar-refractivity contribution >= 4 is 5.96 Å². The molecule has 0 aromatic heterocycles. The Balaban J connectivity index is 2.12. The average molecular weight is 364 g/mol. The second-order valence-electron chi connectivity index (χ2n) is 6.84. The molecule has 1 aromatic carbocycles. The minimum atomic E-state index is 0.154. The summed E-state index contributed by atoms with van der Waals surface area (Å²) in [6.45, 7) is 6.14. The van der Waals surface area contributed by atoms with Gasteiger partial charge in [-0.25, -0.2) is 4.99 Å². The van der Waals surface area contributed by atoms with Gasteiger partial charge in [-0.2, -0.15) is 0 Å². The molecule has 1 aliphatic carbocycles. The normalized spacial score (nSPS) is 16.4. The Morgan fingerprint density at radius 3 is 2.73 bits per heavy atom. The fourth-order valence-corrected chi connectivity index (χ4v) is 2.99. The van der Waals surface area contributed by atoms with Crippen molar-refractivity contribution < 1.29 is 14.6 Å². The van der Waals surface area contributed by atoms with Crippen molar-refractivity contribution in [3.05, 3.63) is 23.8 Å². The van der Waals surface area contributed by atoms with Crippen LogP contribution in [-0.4, -0.2) is 44.0 Å². The van der Waals surface area contributed by atoms with Crippen LogP contribution >= 0.6 is 0 Å². The van der Waals surface area contributed by atoms with E-state index in [9.17, 15) is 5.11 Å². The number of methoxy groups -OCH3 is 1. The van der Waals surface area contributed by atoms with E-state index in [1.807, 2.05) is 32.0 Å². The van der Waals surface area contributed by atoms with E-state index in [2.05, 4.69) is 15.6 Å². The SMILES string of the molecule is CCNC(=NCc1cccc(OC)c1OC1CCCC1)NCC(C)CO. The van der Waals surface area contributed by atoms with Crippen LogP contribution in [0.4, 0.5) is 0 Å². The first-order chi connectivity index (χ1) is 12.7. The van der Waals surface area contributed by atoms with Crippen molar-refractivity contribution in [2.45, 2.75) is 52.2 Å². The molecule has 1 unspecified atom stereocenters. The predicted octanol–water partition coefficient (Wildman–Crippen LogP) is 2.70. The highest BCUT2D eigenvalue weighted by Crippen LogP contribution is 2.35. The Morgan fingerprint density at radius 2 is 2.08 bits per heavy atom. The molecule has 1 aliphatic rings. The van der Waals surface area contributed by atoms with Gasteiger partial charge >= 0.3 is 0 Å². The molecule has 0 radical (unpaired) electrons. The first-order valence-electron chi connectivity index (χ1n) is 9.63. The third-order valence-corrected chi connectivity index (χ3v) is 4.55. The quantitative estimate of drug-likeness (QED) is 0.465. The zero-order valence-corrected chi connectivity index (χ0v) is 16.3. The number of para-hydroxylation sites is 1. The second-order valence-corrected chi connectivity index (χ2v) is 6.84. The lowest BCUT2D eigenvalue weighted by Crippen LogP contribution is -2.39. The van der Waals surface area contributed by atoms with Crippen molar-refractivity contribution in [1.82, 2.24) is 10.6 Å². The standard InChI is InChI=1S/C20H33N3O3/c1-4-21-20(22-12-15(2)14-24)23-13-16-8-7-11-18(25-3)19(16)26-17-9-5-6-10-17/h7-8,11,15,17,24H,4-6,9-10,12-14H2,1-3H3,(H2,21,22,23). The number of aliphatic hydroxyl groups excluding tert-OH is 1. The molecule has 1 saturated carbocycles. The van der Waals surface area contributed by atoms with E-state index in [1.54, 1.807) is 7.11 Å². The maximum absolute atomic E-state index is 9.18. The van der Waals surface area contributed by atoms with Crippen LogP contribution in [-0.2, 0) is 6.54 Å². The predicted molar refractivity (Wildman–Crippen MR) is 105 cm³/mol. The summed E-state index contributed by atoms with van der Waals surface area (Å²) in [5.74, 6) is 2.49. The highest BCUT2D eigenvalue weighted by atomic mass is 16.5. The summed E-state index contributed by atoms with van der Waals surface area (Å²) in [7, 11) is 1.67. The second kappa shape index (κ2) is 10.9. The number of nitrogens with one attached hydrogen (secondary N) is 2. The molecule has 6 nitrogen and oxygen atoms in total. The Labute approximate surface area is 157 Å². The molecule has 2 rings (SSSR count). The molecule has 0 amide bonds. The summed E-state index contributed by atoms with van der Waals surface area (Å²) in [5.41, 5.74) is 1.02. The molecular weight excluding hydrogens is 330 g/mol. The Morgan fingerprint density at radius 1 is 1.31 bits per heavy atom. The fourth-order valence-electron chi connectivity index (χ4n) is 2.99. The molecule has 3 N–H and O–H groups in total. The summed E-state index contributed by atoms with van der Waals surface area (Å²) >= 11 is 0. The van der Waals surface area contributed by atoms with Gasteiger partial charge < -0.3 is 25.2 Å². The van der Waals surface area contributed by atoms with Crippen LogP contribution in [0.25, 0.3) is 0 Å². The molecule has 0 heterocycles. The number of ether oxygens (including phenoxy) is 2. The van der Waals surface area contributed by atoms with E-state index in [-0.39, 0.29) is 18.6 Å². The molecule has 6 heteroatoms. The van der Waals surface area contributed by atoms with Gasteiger partial charge in [-0.05, 0) is 44.6 Å². The summed E-state index contributed by atoms with van der Waals surface area (Å²) in [6, 6.07) is 5.94. The molecule has 26 heavy (non-hydrogen) atoms. The molecule has 0 spiro atoms. The largest absolute Gasteiger partial charge is 0.493 e. The summed E-state index contributed by atoms with van der Waals surface area (Å²) in [6.07, 6.45) is 4.93. The van der Waals surface area contributed by atoms with Gasteiger partial charge in [0.1, 0.15) is 0 Å². The number of aliphatic imine (C=N–C) groups is 1. The topological polar surface area (TPSA) is 75.1 Å². The van der Waals surface area contributed by atoms with Gasteiger partial charge in [0.2, 0.25) is 0 Å². The van der Waals surface area contributed by atoms with Gasteiger partial charge in [0.25, 0.3) is 0 Å². The highest BCUT2D eigenvalue weighted by Gasteiger charge is 2.20. The molecule has 0 bridgehead atoms. The Hall–Kier alpha value is -1.95. The van der Waals surface area contributed by atoms with Crippen molar-refractivity contribution in [2.75, 3.05) is 26.8 Å². The van der Waals surface area contributed by atoms with Crippen LogP contribution in [0.3, 0.4) is 0 Å². The van der Waals surface area contributed by atoms with Gasteiger partial charge in [0, 0.05) is 25.3 Å². The van der Waals surface area contributed by atoms with Crippen LogP contribution in [0.15, 0.2) is 23.2 Å². The molecule has 0 saturated heterocycles. The van der Waals surface area contributed by atoms with Gasteiger partial charge in [-0.1, -0.05) is 19.1 Å². The molecule has 1 fully saturated rings. The average Bonchev–Trinajstić information content (AvgIpc) is 3.17. The van der Waals surface area contributed by atoms with Crippen LogP contribution < -0.4 is 20.1 Å². The van der Waals surface area contributed by atoms with Crippen LogP contribution in [0, 0.1) is 5.92 Å². The summed E-state index contributed by atoms with van der Waals surface area (Å²) in [4.78, 5) is 4.68. The molecular formula is C20H33N3O3. The van der Waals surface area contributed by atoms with Crippen molar-refractivity contribution in [1.29, 1.82) is 0 Å². The number of guanidine groups is 1. The zero-order chi connectivity index (χ0) is 18.8. The van der Waals surface area contributed by atoms with E-state index < -0.39 is 0 Å². The number of benzene rings is 1. The fraction of sp³-hybridized carbons (Fsp3) is 0.650. The minimum absolute atomic E-state index is 0.154. The highest BCUT2D eigenvalue weighted by molar-refractivity contribution is 5.79. The number of aliphatic hydroxyl groups is 1. The summed E-state index contributed by atoms with van der Waals surface area (Å²) < 4.78 is 11.8. The van der Waals surface area contributed by atoms with E-state index in [0.29, 0.717) is 13.1 Å². The number of hydrogen-bond acceptors (Lipinski definition) is 4. The third-order valence-electron chi connectivity index (χ3n) is 4.55. The van der Waals surface area contributed by atoms with Crippen molar-refractivity contribution in [3.8, 4) is 11.5 Å². The lowest BCUT2D eigenvalue weighted by molar-refractivity contribution is 0.198. The number of hydrogen-bond donors (Lipinski definition) is 3. The monoisotopic (exact) mass is 363 g/mol. The lowest BCUT2D eigenvalue weighted by atomic mass is 10.1. The smallest absolute Gasteiger partial charge is 0.191 e. The minimum Gasteiger partial charge on any atom is -0.493 e. The molecule has 1 aromatic rings. The summed E-state index contributed by atoms with van der Waals surface area (Å²) in [5, 5.41) is 15.7. The first-order valence-corrected chi connectivity index (χ1v) is 9.63. The third kappa shape index (κ3) is 6.09. The van der Waals surface area contributed by atoms with Gasteiger partial charge in [-0.15, -0.1) is 0 Å². The van der Waals surface area contributed by atoms with E-state index in [1.165, 1.54) is 12.8 Å². The van der Waals surface area contributed by atoms with Crippen LogP contribution in [0.2, 0.25) is 0 Å². The Bertz CT molecular complexity index is 571. The van der Waals surface area contributed by atoms with Crippen molar-refractivity contribution in [2.24, 2.45) is 10.9 Å². The van der Waals surface area contributed by atoms with Gasteiger partial charge in [-0.3, -0.25) is 0 Å². The van der Waals surface area contributed by atoms with E-state index >= 15 is 0 Å².